The standard InChI is InChI=1S/C58H38BN3S/c1-5-21-41(22-6-1)60(42-23-7-2-8-24-42)43-37-49-47-30-17-29-46-48-35-39-19-13-14-20-40(39)36-52(48)62(57(46)47)59-50-31-18-34-55-58(50)61(53(38-43)56(49)59)51-32-15-16-33-54(51)63(55,44-25-9-3-10-26-44)45-27-11-4-12-28-45/h1-38H. The summed E-state index contributed by atoms with van der Waals surface area (Å²) in [5, 5.41) is 5.10. The van der Waals surface area contributed by atoms with E-state index in [9.17, 15) is 0 Å². The Morgan fingerprint density at radius 1 is 0.413 bits per heavy atom. The van der Waals surface area contributed by atoms with Gasteiger partial charge in [0, 0.05) is 69.7 Å². The topological polar surface area (TPSA) is 11.4 Å². The highest BCUT2D eigenvalue weighted by molar-refractivity contribution is 8.34. The number of anilines is 6. The van der Waals surface area contributed by atoms with Gasteiger partial charge in [0.05, 0.1) is 11.4 Å². The fourth-order valence-corrected chi connectivity index (χ4v) is 15.5. The molecule has 0 spiro atoms. The summed E-state index contributed by atoms with van der Waals surface area (Å²) in [5.41, 5.74) is 14.9. The Morgan fingerprint density at radius 3 is 1.70 bits per heavy atom. The zero-order valence-corrected chi connectivity index (χ0v) is 35.1. The molecule has 3 nitrogen and oxygen atoms in total. The van der Waals surface area contributed by atoms with Gasteiger partial charge in [-0.1, -0.05) is 140 Å². The predicted molar refractivity (Wildman–Crippen MR) is 266 cm³/mol. The smallest absolute Gasteiger partial charge is 0.333 e. The second kappa shape index (κ2) is 13.1. The molecule has 0 saturated heterocycles. The largest absolute Gasteiger partial charge is 0.375 e. The van der Waals surface area contributed by atoms with Gasteiger partial charge in [-0.05, 0) is 118 Å². The van der Waals surface area contributed by atoms with E-state index in [-0.39, 0.29) is 6.85 Å². The first-order valence-corrected chi connectivity index (χ1v) is 23.4. The third-order valence-electron chi connectivity index (χ3n) is 13.7. The van der Waals surface area contributed by atoms with Gasteiger partial charge >= 0.3 is 6.85 Å². The Balaban J connectivity index is 1.17. The van der Waals surface area contributed by atoms with Crippen LogP contribution in [0.1, 0.15) is 0 Å². The van der Waals surface area contributed by atoms with E-state index in [2.05, 4.69) is 245 Å². The summed E-state index contributed by atoms with van der Waals surface area (Å²) in [7, 11) is -1.98. The summed E-state index contributed by atoms with van der Waals surface area (Å²) in [6.45, 7) is -0.0814. The van der Waals surface area contributed by atoms with Crippen LogP contribution in [0.4, 0.5) is 34.1 Å². The number of hydrogen-bond donors (Lipinski definition) is 0. The molecular formula is C58H38BN3S. The third-order valence-corrected chi connectivity index (χ3v) is 17.6. The molecule has 0 radical (unpaired) electrons. The van der Waals surface area contributed by atoms with Crippen LogP contribution in [0.25, 0.3) is 43.7 Å². The number of benzene rings is 10. The molecule has 3 aliphatic heterocycles. The Hall–Kier alpha value is -7.73. The van der Waals surface area contributed by atoms with Crippen molar-refractivity contribution in [2.24, 2.45) is 0 Å². The van der Waals surface area contributed by atoms with E-state index in [4.69, 9.17) is 0 Å². The lowest BCUT2D eigenvalue weighted by Gasteiger charge is -2.53. The van der Waals surface area contributed by atoms with E-state index in [0.29, 0.717) is 0 Å². The van der Waals surface area contributed by atoms with Crippen LogP contribution in [0.2, 0.25) is 0 Å². The van der Waals surface area contributed by atoms with E-state index in [0.717, 1.165) is 17.1 Å². The zero-order chi connectivity index (χ0) is 41.2. The van der Waals surface area contributed by atoms with Gasteiger partial charge in [-0.3, -0.25) is 0 Å². The molecule has 0 atom stereocenters. The SMILES string of the molecule is c1ccc(N(c2ccccc2)c2cc3c4c(c2)N2c5ccccc5S(c5ccccc5)(c5ccccc5)c5cccc(c52)B4n2c4cc5ccccc5cc4c4cccc-3c42)cc1. The van der Waals surface area contributed by atoms with Crippen LogP contribution in [0.5, 0.6) is 0 Å². The fraction of sp³-hybridized carbons (Fsp3) is 0. The van der Waals surface area contributed by atoms with E-state index < -0.39 is 10.0 Å². The molecule has 0 amide bonds. The number of aromatic nitrogens is 1. The van der Waals surface area contributed by atoms with Crippen LogP contribution in [-0.2, 0) is 0 Å². The van der Waals surface area contributed by atoms with Crippen LogP contribution in [-0.4, -0.2) is 11.3 Å². The van der Waals surface area contributed by atoms with E-state index in [1.807, 2.05) is 0 Å². The van der Waals surface area contributed by atoms with E-state index >= 15 is 0 Å². The van der Waals surface area contributed by atoms with Crippen LogP contribution in [0.15, 0.2) is 250 Å². The second-order valence-electron chi connectivity index (χ2n) is 16.9. The molecule has 294 valence electrons. The van der Waals surface area contributed by atoms with Crippen molar-refractivity contribution in [1.82, 2.24) is 4.48 Å². The maximum Gasteiger partial charge on any atom is 0.333 e. The number of fused-ring (bicyclic) bond motifs is 10. The minimum Gasteiger partial charge on any atom is -0.375 e. The van der Waals surface area contributed by atoms with Crippen molar-refractivity contribution in [2.45, 2.75) is 19.6 Å². The molecule has 3 aliphatic rings. The number of para-hydroxylation sites is 5. The highest BCUT2D eigenvalue weighted by Gasteiger charge is 2.50. The minimum atomic E-state index is -1.98. The van der Waals surface area contributed by atoms with Crippen molar-refractivity contribution in [1.29, 1.82) is 0 Å². The molecule has 11 aromatic rings. The molecule has 1 aromatic heterocycles. The molecule has 0 aliphatic carbocycles. The lowest BCUT2D eigenvalue weighted by molar-refractivity contribution is 1.12. The summed E-state index contributed by atoms with van der Waals surface area (Å²) >= 11 is 0. The van der Waals surface area contributed by atoms with Gasteiger partial charge < -0.3 is 14.3 Å². The summed E-state index contributed by atoms with van der Waals surface area (Å²) in [6, 6.07) is 86.5. The minimum absolute atomic E-state index is 0.0814. The Bertz CT molecular complexity index is 3570. The van der Waals surface area contributed by atoms with Gasteiger partial charge in [0.1, 0.15) is 0 Å². The van der Waals surface area contributed by atoms with Gasteiger partial charge in [-0.2, -0.15) is 0 Å². The monoisotopic (exact) mass is 819 g/mol. The fourth-order valence-electron chi connectivity index (χ4n) is 11.3. The quantitative estimate of drug-likeness (QED) is 0.160. The van der Waals surface area contributed by atoms with Crippen LogP contribution in [0.3, 0.4) is 0 Å². The van der Waals surface area contributed by atoms with Crippen molar-refractivity contribution in [3.63, 3.8) is 0 Å². The Morgan fingerprint density at radius 2 is 1.00 bits per heavy atom. The van der Waals surface area contributed by atoms with Gasteiger partial charge in [0.15, 0.2) is 0 Å². The molecule has 14 rings (SSSR count). The van der Waals surface area contributed by atoms with Crippen LogP contribution in [0, 0.1) is 0 Å². The summed E-state index contributed by atoms with van der Waals surface area (Å²) in [5.74, 6) is 0. The number of nitrogens with zero attached hydrogens (tertiary/aromatic N) is 3. The lowest BCUT2D eigenvalue weighted by atomic mass is 9.45. The average molecular weight is 820 g/mol. The third kappa shape index (κ3) is 4.67. The lowest BCUT2D eigenvalue weighted by Crippen LogP contribution is -2.57. The van der Waals surface area contributed by atoms with Crippen molar-refractivity contribution in [3.05, 3.63) is 231 Å². The van der Waals surface area contributed by atoms with Gasteiger partial charge in [0.2, 0.25) is 0 Å². The molecule has 0 fully saturated rings. The molecule has 5 heteroatoms. The van der Waals surface area contributed by atoms with Crippen LogP contribution < -0.4 is 20.7 Å². The molecule has 10 aromatic carbocycles. The maximum atomic E-state index is 2.71. The van der Waals surface area contributed by atoms with Crippen molar-refractivity contribution in [2.75, 3.05) is 9.80 Å². The van der Waals surface area contributed by atoms with Crippen molar-refractivity contribution < 1.29 is 0 Å². The average Bonchev–Trinajstić information content (AvgIpc) is 3.67. The summed E-state index contributed by atoms with van der Waals surface area (Å²) in [4.78, 5) is 10.5. The normalized spacial score (nSPS) is 14.3. The van der Waals surface area contributed by atoms with Gasteiger partial charge in [0.25, 0.3) is 0 Å². The Kier molecular flexibility index (Phi) is 7.29. The second-order valence-corrected chi connectivity index (χ2v) is 19.9. The molecule has 0 unspecified atom stereocenters. The summed E-state index contributed by atoms with van der Waals surface area (Å²) in [6.07, 6.45) is 0. The van der Waals surface area contributed by atoms with Gasteiger partial charge in [-0.25, -0.2) is 0 Å². The highest BCUT2D eigenvalue weighted by Crippen LogP contribution is 2.79. The van der Waals surface area contributed by atoms with E-state index in [1.54, 1.807) is 0 Å². The first-order chi connectivity index (χ1) is 31.3. The van der Waals surface area contributed by atoms with Crippen molar-refractivity contribution in [3.8, 4) is 11.1 Å². The molecule has 63 heavy (non-hydrogen) atoms. The molecule has 4 heterocycles. The first-order valence-electron chi connectivity index (χ1n) is 21.8. The Labute approximate surface area is 368 Å². The predicted octanol–water partition coefficient (Wildman–Crippen LogP) is 14.5. The first kappa shape index (κ1) is 34.9. The highest BCUT2D eigenvalue weighted by atomic mass is 32.3. The van der Waals surface area contributed by atoms with Gasteiger partial charge in [-0.15, -0.1) is 10.0 Å². The summed E-state index contributed by atoms with van der Waals surface area (Å²) < 4.78 is 2.71. The number of rotatable bonds is 5. The van der Waals surface area contributed by atoms with Crippen molar-refractivity contribution >= 4 is 94.5 Å². The van der Waals surface area contributed by atoms with Crippen LogP contribution >= 0.6 is 10.0 Å². The van der Waals surface area contributed by atoms with E-state index in [1.165, 1.54) is 91.3 Å². The molecule has 0 N–H and O–H groups in total. The zero-order valence-electron chi connectivity index (χ0n) is 34.3. The maximum absolute atomic E-state index is 2.71. The molecule has 0 bridgehead atoms. The number of hydrogen-bond acceptors (Lipinski definition) is 2. The molecule has 0 saturated carbocycles. The molecular weight excluding hydrogens is 782 g/mol.